The van der Waals surface area contributed by atoms with Crippen LogP contribution in [0.3, 0.4) is 0 Å². The molecule has 1 atom stereocenters. The number of Topliss-reactive ketones (excluding diaryl/α,β-unsaturated/α-hetero) is 1. The Bertz CT molecular complexity index is 475. The first-order chi connectivity index (χ1) is 9.04. The molecule has 0 aromatic rings. The second kappa shape index (κ2) is 5.24. The van der Waals surface area contributed by atoms with E-state index in [1.165, 1.54) is 18.0 Å². The standard InChI is InChI=1S/C12H17N3O3S/c1-4-18-11(17)12(19-3)13-7-8-9(16)5-6-15(2)10(8)14-12/h7,14H,4-6H2,1-3H3. The van der Waals surface area contributed by atoms with Crippen molar-refractivity contribution in [1.29, 1.82) is 0 Å². The number of rotatable bonds is 3. The lowest BCUT2D eigenvalue weighted by atomic mass is 10.0. The van der Waals surface area contributed by atoms with Crippen LogP contribution in [0.2, 0.25) is 0 Å². The highest BCUT2D eigenvalue weighted by molar-refractivity contribution is 8.00. The number of allylic oxidation sites excluding steroid dienone is 1. The fourth-order valence-corrected chi connectivity index (χ4v) is 2.60. The third-order valence-corrected chi connectivity index (χ3v) is 4.09. The molecule has 0 bridgehead atoms. The molecule has 0 aromatic heterocycles. The first-order valence-corrected chi connectivity index (χ1v) is 7.31. The Labute approximate surface area is 116 Å². The van der Waals surface area contributed by atoms with Crippen molar-refractivity contribution in [2.75, 3.05) is 26.5 Å². The zero-order valence-electron chi connectivity index (χ0n) is 11.2. The molecule has 2 rings (SSSR count). The summed E-state index contributed by atoms with van der Waals surface area (Å²) in [6.07, 6.45) is 3.73. The SMILES string of the molecule is CCOC(=O)C1(SC)N=CC2=C(N1)N(C)CCC2=O. The quantitative estimate of drug-likeness (QED) is 0.754. The van der Waals surface area contributed by atoms with Gasteiger partial charge in [-0.25, -0.2) is 9.79 Å². The Morgan fingerprint density at radius 1 is 1.68 bits per heavy atom. The third-order valence-electron chi connectivity index (χ3n) is 3.12. The number of thioether (sulfide) groups is 1. The fraction of sp³-hybridized carbons (Fsp3) is 0.583. The van der Waals surface area contributed by atoms with Crippen LogP contribution in [0.4, 0.5) is 0 Å². The van der Waals surface area contributed by atoms with Gasteiger partial charge in [-0.15, -0.1) is 11.8 Å². The topological polar surface area (TPSA) is 71.0 Å². The van der Waals surface area contributed by atoms with E-state index in [4.69, 9.17) is 4.74 Å². The molecule has 0 aliphatic carbocycles. The molecule has 7 heteroatoms. The minimum absolute atomic E-state index is 0.0444. The molecule has 1 unspecified atom stereocenters. The number of aliphatic imine (C=N–C) groups is 1. The molecule has 1 N–H and O–H groups in total. The molecule has 104 valence electrons. The Morgan fingerprint density at radius 2 is 2.42 bits per heavy atom. The maximum absolute atomic E-state index is 12.1. The Morgan fingerprint density at radius 3 is 3.05 bits per heavy atom. The van der Waals surface area contributed by atoms with Gasteiger partial charge in [0, 0.05) is 26.2 Å². The molecule has 2 heterocycles. The van der Waals surface area contributed by atoms with E-state index in [9.17, 15) is 9.59 Å². The minimum Gasteiger partial charge on any atom is -0.462 e. The number of carbonyl (C=O) groups excluding carboxylic acids is 2. The highest BCUT2D eigenvalue weighted by atomic mass is 32.2. The summed E-state index contributed by atoms with van der Waals surface area (Å²) < 4.78 is 5.06. The largest absolute Gasteiger partial charge is 0.462 e. The number of hydrogen-bond acceptors (Lipinski definition) is 7. The normalized spacial score (nSPS) is 26.1. The molecule has 0 saturated heterocycles. The Balaban J connectivity index is 2.33. The maximum atomic E-state index is 12.1. The highest BCUT2D eigenvalue weighted by Gasteiger charge is 2.44. The molecule has 0 radical (unpaired) electrons. The van der Waals surface area contributed by atoms with E-state index in [1.54, 1.807) is 13.2 Å². The van der Waals surface area contributed by atoms with E-state index >= 15 is 0 Å². The van der Waals surface area contributed by atoms with Gasteiger partial charge in [0.05, 0.1) is 12.2 Å². The van der Waals surface area contributed by atoms with Gasteiger partial charge in [-0.2, -0.15) is 0 Å². The van der Waals surface area contributed by atoms with Crippen molar-refractivity contribution in [3.05, 3.63) is 11.4 Å². The van der Waals surface area contributed by atoms with Crippen LogP contribution in [0, 0.1) is 0 Å². The van der Waals surface area contributed by atoms with E-state index in [2.05, 4.69) is 10.3 Å². The van der Waals surface area contributed by atoms with Crippen molar-refractivity contribution < 1.29 is 14.3 Å². The number of carbonyl (C=O) groups is 2. The lowest BCUT2D eigenvalue weighted by Crippen LogP contribution is -2.54. The summed E-state index contributed by atoms with van der Waals surface area (Å²) in [5.74, 6) is 0.244. The molecule has 6 nitrogen and oxygen atoms in total. The number of esters is 1. The summed E-state index contributed by atoms with van der Waals surface area (Å²) in [5.41, 5.74) is 0.530. The lowest BCUT2D eigenvalue weighted by molar-refractivity contribution is -0.146. The molecule has 19 heavy (non-hydrogen) atoms. The fourth-order valence-electron chi connectivity index (χ4n) is 2.02. The van der Waals surface area contributed by atoms with Crippen molar-refractivity contribution in [3.63, 3.8) is 0 Å². The van der Waals surface area contributed by atoms with E-state index in [0.717, 1.165) is 0 Å². The minimum atomic E-state index is -1.19. The van der Waals surface area contributed by atoms with Crippen LogP contribution in [0.25, 0.3) is 0 Å². The summed E-state index contributed by atoms with van der Waals surface area (Å²) >= 11 is 1.24. The van der Waals surface area contributed by atoms with E-state index in [1.807, 2.05) is 11.9 Å². The zero-order chi connectivity index (χ0) is 14.0. The van der Waals surface area contributed by atoms with E-state index in [-0.39, 0.29) is 5.78 Å². The van der Waals surface area contributed by atoms with Crippen molar-refractivity contribution in [2.24, 2.45) is 4.99 Å². The molecule has 0 amide bonds. The third kappa shape index (κ3) is 2.34. The van der Waals surface area contributed by atoms with Crippen molar-refractivity contribution in [1.82, 2.24) is 10.2 Å². The zero-order valence-corrected chi connectivity index (χ0v) is 12.0. The van der Waals surface area contributed by atoms with Gasteiger partial charge >= 0.3 is 5.97 Å². The molecule has 0 saturated carbocycles. The monoisotopic (exact) mass is 283 g/mol. The van der Waals surface area contributed by atoms with Crippen LogP contribution in [0.15, 0.2) is 16.4 Å². The number of ether oxygens (including phenoxy) is 1. The molecule has 0 spiro atoms. The number of ketones is 1. The van der Waals surface area contributed by atoms with Crippen LogP contribution < -0.4 is 5.32 Å². The first kappa shape index (κ1) is 13.9. The van der Waals surface area contributed by atoms with Gasteiger partial charge in [-0.05, 0) is 13.2 Å². The van der Waals surface area contributed by atoms with Gasteiger partial charge in [0.15, 0.2) is 5.78 Å². The predicted octanol–water partition coefficient (Wildman–Crippen LogP) is 0.356. The van der Waals surface area contributed by atoms with Crippen LogP contribution in [0.5, 0.6) is 0 Å². The second-order valence-corrected chi connectivity index (χ2v) is 5.31. The molecular weight excluding hydrogens is 266 g/mol. The summed E-state index contributed by atoms with van der Waals surface area (Å²) in [5, 5.41) is 3.06. The maximum Gasteiger partial charge on any atom is 0.366 e. The molecule has 0 fully saturated rings. The van der Waals surface area contributed by atoms with Crippen LogP contribution in [-0.2, 0) is 14.3 Å². The molecule has 2 aliphatic rings. The summed E-state index contributed by atoms with van der Waals surface area (Å²) in [7, 11) is 1.88. The number of nitrogens with zero attached hydrogens (tertiary/aromatic N) is 2. The van der Waals surface area contributed by atoms with E-state index in [0.29, 0.717) is 31.0 Å². The number of nitrogens with one attached hydrogen (secondary N) is 1. The van der Waals surface area contributed by atoms with E-state index < -0.39 is 11.0 Å². The smallest absolute Gasteiger partial charge is 0.366 e. The highest BCUT2D eigenvalue weighted by Crippen LogP contribution is 2.30. The molecule has 0 aromatic carbocycles. The van der Waals surface area contributed by atoms with Crippen molar-refractivity contribution in [3.8, 4) is 0 Å². The summed E-state index contributed by atoms with van der Waals surface area (Å²) in [6, 6.07) is 0. The van der Waals surface area contributed by atoms with Gasteiger partial charge in [0.25, 0.3) is 4.99 Å². The Kier molecular flexibility index (Phi) is 3.84. The van der Waals surface area contributed by atoms with Gasteiger partial charge in [-0.3, -0.25) is 4.79 Å². The van der Waals surface area contributed by atoms with Crippen molar-refractivity contribution in [2.45, 2.75) is 18.3 Å². The lowest BCUT2D eigenvalue weighted by Gasteiger charge is -2.38. The van der Waals surface area contributed by atoms with Crippen LogP contribution >= 0.6 is 11.8 Å². The van der Waals surface area contributed by atoms with Gasteiger partial charge in [0.1, 0.15) is 5.82 Å². The van der Waals surface area contributed by atoms with Crippen LogP contribution in [-0.4, -0.2) is 54.3 Å². The van der Waals surface area contributed by atoms with Crippen LogP contribution in [0.1, 0.15) is 13.3 Å². The average molecular weight is 283 g/mol. The van der Waals surface area contributed by atoms with Crippen molar-refractivity contribution >= 4 is 29.7 Å². The molecular formula is C12H17N3O3S. The summed E-state index contributed by atoms with van der Waals surface area (Å²) in [6.45, 7) is 2.67. The average Bonchev–Trinajstić information content (AvgIpc) is 2.43. The number of hydrogen-bond donors (Lipinski definition) is 1. The first-order valence-electron chi connectivity index (χ1n) is 6.08. The summed E-state index contributed by atoms with van der Waals surface area (Å²) in [4.78, 5) is 28.8. The molecule has 2 aliphatic heterocycles. The van der Waals surface area contributed by atoms with Gasteiger partial charge < -0.3 is 15.0 Å². The Hall–Kier alpha value is -1.50. The van der Waals surface area contributed by atoms with Gasteiger partial charge in [-0.1, -0.05) is 0 Å². The predicted molar refractivity (Wildman–Crippen MR) is 73.8 cm³/mol. The van der Waals surface area contributed by atoms with Gasteiger partial charge in [0.2, 0.25) is 0 Å². The second-order valence-electron chi connectivity index (χ2n) is 4.31.